The summed E-state index contributed by atoms with van der Waals surface area (Å²) in [6, 6.07) is 6.69. The van der Waals surface area contributed by atoms with Crippen LogP contribution in [0.5, 0.6) is 5.75 Å². The monoisotopic (exact) mass is 274 g/mol. The third kappa shape index (κ3) is 6.32. The Morgan fingerprint density at radius 2 is 1.90 bits per heavy atom. The summed E-state index contributed by atoms with van der Waals surface area (Å²) in [6.07, 6.45) is 10.9. The van der Waals surface area contributed by atoms with Crippen molar-refractivity contribution >= 4 is 12.3 Å². The second-order valence-electron chi connectivity index (χ2n) is 4.68. The summed E-state index contributed by atoms with van der Waals surface area (Å²) < 4.78 is 5.12. The number of hydrogen-bond donors (Lipinski definition) is 0. The van der Waals surface area contributed by atoms with Crippen LogP contribution < -0.4 is 4.74 Å². The molecule has 0 N–H and O–H groups in total. The summed E-state index contributed by atoms with van der Waals surface area (Å²) in [6.45, 7) is 2.19. The van der Waals surface area contributed by atoms with E-state index in [4.69, 9.17) is 4.74 Å². The van der Waals surface area contributed by atoms with Crippen LogP contribution in [-0.4, -0.2) is 12.3 Å². The summed E-state index contributed by atoms with van der Waals surface area (Å²) in [4.78, 5) is 22.4. The number of carbonyl (C=O) groups is 2. The predicted molar refractivity (Wildman–Crippen MR) is 80.0 cm³/mol. The van der Waals surface area contributed by atoms with E-state index in [1.165, 1.54) is 31.8 Å². The highest BCUT2D eigenvalue weighted by atomic mass is 16.5. The van der Waals surface area contributed by atoms with Crippen LogP contribution in [-0.2, 0) is 4.79 Å². The largest absolute Gasteiger partial charge is 0.423 e. The molecule has 0 aliphatic heterocycles. The number of para-hydroxylation sites is 1. The van der Waals surface area contributed by atoms with E-state index in [2.05, 4.69) is 6.92 Å². The van der Waals surface area contributed by atoms with Crippen LogP contribution in [0.4, 0.5) is 0 Å². The lowest BCUT2D eigenvalue weighted by atomic mass is 10.1. The minimum Gasteiger partial charge on any atom is -0.423 e. The Balaban J connectivity index is 2.30. The van der Waals surface area contributed by atoms with Crippen molar-refractivity contribution in [2.75, 3.05) is 0 Å². The van der Waals surface area contributed by atoms with Crippen LogP contribution in [0.15, 0.2) is 36.4 Å². The Morgan fingerprint density at radius 3 is 2.65 bits per heavy atom. The molecule has 0 amide bonds. The molecule has 1 aromatic rings. The number of aldehydes is 1. The van der Waals surface area contributed by atoms with Gasteiger partial charge in [0.15, 0.2) is 6.29 Å². The molecular weight excluding hydrogens is 252 g/mol. The first-order valence-corrected chi connectivity index (χ1v) is 7.20. The maximum Gasteiger partial charge on any atom is 0.335 e. The predicted octanol–water partition coefficient (Wildman–Crippen LogP) is 4.32. The standard InChI is InChI=1S/C17H22O3/c1-2-3-4-5-6-7-8-13-17(19)20-16-12-10-9-11-15(16)14-18/h8-14H,2-7H2,1H3/b13-8+. The molecule has 0 aliphatic carbocycles. The zero-order chi connectivity index (χ0) is 14.6. The summed E-state index contributed by atoms with van der Waals surface area (Å²) in [5, 5.41) is 0. The van der Waals surface area contributed by atoms with E-state index in [1.807, 2.05) is 6.08 Å². The average Bonchev–Trinajstić information content (AvgIpc) is 2.47. The number of esters is 1. The van der Waals surface area contributed by atoms with E-state index in [9.17, 15) is 9.59 Å². The number of unbranched alkanes of at least 4 members (excludes halogenated alkanes) is 5. The van der Waals surface area contributed by atoms with Gasteiger partial charge in [0.25, 0.3) is 0 Å². The van der Waals surface area contributed by atoms with Crippen LogP contribution in [0, 0.1) is 0 Å². The van der Waals surface area contributed by atoms with Crippen molar-refractivity contribution < 1.29 is 14.3 Å². The van der Waals surface area contributed by atoms with Crippen molar-refractivity contribution in [1.29, 1.82) is 0 Å². The molecule has 0 atom stereocenters. The molecule has 0 unspecified atom stereocenters. The van der Waals surface area contributed by atoms with Gasteiger partial charge >= 0.3 is 5.97 Å². The van der Waals surface area contributed by atoms with Gasteiger partial charge in [-0.2, -0.15) is 0 Å². The summed E-state index contributed by atoms with van der Waals surface area (Å²) >= 11 is 0. The van der Waals surface area contributed by atoms with Crippen molar-refractivity contribution in [2.45, 2.75) is 45.4 Å². The Labute approximate surface area is 120 Å². The van der Waals surface area contributed by atoms with E-state index in [-0.39, 0.29) is 0 Å². The zero-order valence-corrected chi connectivity index (χ0v) is 12.0. The van der Waals surface area contributed by atoms with Gasteiger partial charge in [-0.25, -0.2) is 4.79 Å². The highest BCUT2D eigenvalue weighted by Crippen LogP contribution is 2.15. The van der Waals surface area contributed by atoms with Gasteiger partial charge in [-0.3, -0.25) is 4.79 Å². The topological polar surface area (TPSA) is 43.4 Å². The normalized spacial score (nSPS) is 10.7. The van der Waals surface area contributed by atoms with Gasteiger partial charge in [0.2, 0.25) is 0 Å². The van der Waals surface area contributed by atoms with Crippen molar-refractivity contribution in [2.24, 2.45) is 0 Å². The number of ether oxygens (including phenoxy) is 1. The third-order valence-corrected chi connectivity index (χ3v) is 2.98. The fraction of sp³-hybridized carbons (Fsp3) is 0.412. The van der Waals surface area contributed by atoms with Crippen molar-refractivity contribution in [3.05, 3.63) is 42.0 Å². The van der Waals surface area contributed by atoms with Gasteiger partial charge in [-0.05, 0) is 25.0 Å². The molecule has 1 aromatic carbocycles. The molecular formula is C17H22O3. The molecule has 108 valence electrons. The molecule has 0 radical (unpaired) electrons. The molecule has 0 saturated carbocycles. The number of hydrogen-bond acceptors (Lipinski definition) is 3. The Morgan fingerprint density at radius 1 is 1.15 bits per heavy atom. The lowest BCUT2D eigenvalue weighted by Crippen LogP contribution is -2.05. The number of carbonyl (C=O) groups excluding carboxylic acids is 2. The molecule has 0 aromatic heterocycles. The first kappa shape index (κ1) is 16.2. The number of rotatable bonds is 9. The van der Waals surface area contributed by atoms with Gasteiger partial charge in [-0.15, -0.1) is 0 Å². The van der Waals surface area contributed by atoms with Gasteiger partial charge in [0.1, 0.15) is 5.75 Å². The first-order chi connectivity index (χ1) is 9.77. The molecule has 3 heteroatoms. The maximum absolute atomic E-state index is 11.6. The molecule has 0 saturated heterocycles. The number of benzene rings is 1. The van der Waals surface area contributed by atoms with Gasteiger partial charge < -0.3 is 4.74 Å². The molecule has 0 aliphatic rings. The van der Waals surface area contributed by atoms with Gasteiger partial charge in [-0.1, -0.05) is 50.8 Å². The van der Waals surface area contributed by atoms with Crippen molar-refractivity contribution in [3.8, 4) is 5.75 Å². The zero-order valence-electron chi connectivity index (χ0n) is 12.0. The van der Waals surface area contributed by atoms with Crippen LogP contribution in [0.2, 0.25) is 0 Å². The minimum atomic E-state index is -0.437. The molecule has 0 heterocycles. The van der Waals surface area contributed by atoms with E-state index in [0.717, 1.165) is 12.8 Å². The molecule has 3 nitrogen and oxygen atoms in total. The van der Waals surface area contributed by atoms with E-state index < -0.39 is 5.97 Å². The molecule has 0 bridgehead atoms. The fourth-order valence-electron chi connectivity index (χ4n) is 1.86. The van der Waals surface area contributed by atoms with Gasteiger partial charge in [0.05, 0.1) is 5.56 Å². The van der Waals surface area contributed by atoms with E-state index >= 15 is 0 Å². The summed E-state index contributed by atoms with van der Waals surface area (Å²) in [5.41, 5.74) is 0.383. The van der Waals surface area contributed by atoms with Crippen LogP contribution in [0.3, 0.4) is 0 Å². The molecule has 0 spiro atoms. The molecule has 20 heavy (non-hydrogen) atoms. The number of allylic oxidation sites excluding steroid dienone is 1. The second-order valence-corrected chi connectivity index (χ2v) is 4.68. The Bertz CT molecular complexity index is 449. The fourth-order valence-corrected chi connectivity index (χ4v) is 1.86. The molecule has 0 fully saturated rings. The van der Waals surface area contributed by atoms with Crippen LogP contribution in [0.25, 0.3) is 0 Å². The van der Waals surface area contributed by atoms with Crippen molar-refractivity contribution in [3.63, 3.8) is 0 Å². The highest BCUT2D eigenvalue weighted by Gasteiger charge is 2.05. The first-order valence-electron chi connectivity index (χ1n) is 7.20. The Hall–Kier alpha value is -1.90. The summed E-state index contributed by atoms with van der Waals surface area (Å²) in [5.74, 6) is -0.132. The Kier molecular flexibility index (Phi) is 8.04. The maximum atomic E-state index is 11.6. The SMILES string of the molecule is CCCCCCC/C=C/C(=O)Oc1ccccc1C=O. The molecule has 1 rings (SSSR count). The van der Waals surface area contributed by atoms with E-state index in [0.29, 0.717) is 17.6 Å². The van der Waals surface area contributed by atoms with E-state index in [1.54, 1.807) is 24.3 Å². The lowest BCUT2D eigenvalue weighted by Gasteiger charge is -2.03. The van der Waals surface area contributed by atoms with Crippen LogP contribution >= 0.6 is 0 Å². The third-order valence-electron chi connectivity index (χ3n) is 2.98. The highest BCUT2D eigenvalue weighted by molar-refractivity contribution is 5.87. The van der Waals surface area contributed by atoms with Crippen molar-refractivity contribution in [1.82, 2.24) is 0 Å². The quantitative estimate of drug-likeness (QED) is 0.221. The summed E-state index contributed by atoms with van der Waals surface area (Å²) in [7, 11) is 0. The smallest absolute Gasteiger partial charge is 0.335 e. The lowest BCUT2D eigenvalue weighted by molar-refractivity contribution is -0.129. The van der Waals surface area contributed by atoms with Gasteiger partial charge in [0, 0.05) is 6.08 Å². The average molecular weight is 274 g/mol. The minimum absolute atomic E-state index is 0.306. The van der Waals surface area contributed by atoms with Crippen LogP contribution in [0.1, 0.15) is 55.8 Å². The second kappa shape index (κ2) is 9.96.